The fourth-order valence-electron chi connectivity index (χ4n) is 1.64. The number of para-hydroxylation sites is 1. The number of unbranched alkanes of at least 4 members (excludes halogenated alkanes) is 2. The summed E-state index contributed by atoms with van der Waals surface area (Å²) in [6, 6.07) is 5.15. The molecule has 4 nitrogen and oxygen atoms in total. The molecule has 0 aliphatic rings. The van der Waals surface area contributed by atoms with Crippen molar-refractivity contribution in [2.75, 3.05) is 20.8 Å². The van der Waals surface area contributed by atoms with Crippen molar-refractivity contribution in [1.29, 1.82) is 0 Å². The van der Waals surface area contributed by atoms with E-state index in [1.165, 1.54) is 14.2 Å². The predicted molar refractivity (Wildman–Crippen MR) is 69.4 cm³/mol. The lowest BCUT2D eigenvalue weighted by Crippen LogP contribution is -2.08. The first-order chi connectivity index (χ1) is 8.74. The van der Waals surface area contributed by atoms with Gasteiger partial charge in [0.05, 0.1) is 20.8 Å². The Balaban J connectivity index is 2.72. The molecule has 0 radical (unpaired) electrons. The van der Waals surface area contributed by atoms with Crippen molar-refractivity contribution in [2.45, 2.75) is 26.2 Å². The molecule has 0 aliphatic carbocycles. The predicted octanol–water partition coefficient (Wildman–Crippen LogP) is 3.05. The molecule has 4 heteroatoms. The van der Waals surface area contributed by atoms with Crippen molar-refractivity contribution >= 4 is 5.97 Å². The molecule has 0 N–H and O–H groups in total. The number of hydrogen-bond acceptors (Lipinski definition) is 4. The minimum absolute atomic E-state index is 0.373. The van der Waals surface area contributed by atoms with Gasteiger partial charge in [0.1, 0.15) is 5.56 Å². The summed E-state index contributed by atoms with van der Waals surface area (Å²) in [5.41, 5.74) is 0.397. The molecule has 0 saturated carbocycles. The highest BCUT2D eigenvalue weighted by Gasteiger charge is 2.17. The van der Waals surface area contributed by atoms with Crippen LogP contribution in [0.5, 0.6) is 11.5 Å². The second-order valence-electron chi connectivity index (χ2n) is 3.88. The highest BCUT2D eigenvalue weighted by molar-refractivity contribution is 5.93. The molecule has 0 heterocycles. The highest BCUT2D eigenvalue weighted by atomic mass is 16.5. The highest BCUT2D eigenvalue weighted by Crippen LogP contribution is 2.31. The van der Waals surface area contributed by atoms with E-state index in [0.29, 0.717) is 23.7 Å². The summed E-state index contributed by atoms with van der Waals surface area (Å²) in [5.74, 6) is 0.572. The molecular weight excluding hydrogens is 232 g/mol. The van der Waals surface area contributed by atoms with E-state index in [1.54, 1.807) is 18.2 Å². The van der Waals surface area contributed by atoms with E-state index in [-0.39, 0.29) is 5.97 Å². The van der Waals surface area contributed by atoms with Gasteiger partial charge in [-0.1, -0.05) is 25.8 Å². The van der Waals surface area contributed by atoms with Crippen molar-refractivity contribution in [3.05, 3.63) is 23.8 Å². The molecule has 0 spiro atoms. The lowest BCUT2D eigenvalue weighted by atomic mass is 10.2. The van der Waals surface area contributed by atoms with Crippen molar-refractivity contribution in [3.63, 3.8) is 0 Å². The first kappa shape index (κ1) is 14.4. The lowest BCUT2D eigenvalue weighted by Gasteiger charge is -2.11. The SMILES string of the molecule is CCCCCOC(=O)c1cccc(OC)c1OC. The Bertz CT molecular complexity index is 387. The van der Waals surface area contributed by atoms with Gasteiger partial charge in [-0.15, -0.1) is 0 Å². The monoisotopic (exact) mass is 252 g/mol. The van der Waals surface area contributed by atoms with E-state index < -0.39 is 0 Å². The van der Waals surface area contributed by atoms with Gasteiger partial charge < -0.3 is 14.2 Å². The molecule has 0 bridgehead atoms. The Labute approximate surface area is 108 Å². The fourth-order valence-corrected chi connectivity index (χ4v) is 1.64. The summed E-state index contributed by atoms with van der Waals surface area (Å²) in [4.78, 5) is 11.9. The summed E-state index contributed by atoms with van der Waals surface area (Å²) >= 11 is 0. The third-order valence-electron chi connectivity index (χ3n) is 2.60. The maximum absolute atomic E-state index is 11.9. The van der Waals surface area contributed by atoms with Gasteiger partial charge in [0.25, 0.3) is 0 Å². The Kier molecular flexibility index (Phi) is 6.05. The first-order valence-electron chi connectivity index (χ1n) is 6.12. The van der Waals surface area contributed by atoms with Gasteiger partial charge in [0.2, 0.25) is 0 Å². The number of benzene rings is 1. The zero-order valence-electron chi connectivity index (χ0n) is 11.2. The summed E-state index contributed by atoms with van der Waals surface area (Å²) in [6.45, 7) is 2.54. The van der Waals surface area contributed by atoms with Crippen molar-refractivity contribution in [2.24, 2.45) is 0 Å². The van der Waals surface area contributed by atoms with Gasteiger partial charge in [-0.2, -0.15) is 0 Å². The van der Waals surface area contributed by atoms with Gasteiger partial charge in [0, 0.05) is 0 Å². The number of carbonyl (C=O) groups is 1. The third-order valence-corrected chi connectivity index (χ3v) is 2.60. The quantitative estimate of drug-likeness (QED) is 0.552. The summed E-state index contributed by atoms with van der Waals surface area (Å²) in [7, 11) is 3.04. The van der Waals surface area contributed by atoms with Gasteiger partial charge in [-0.05, 0) is 18.6 Å². The molecule has 1 aromatic rings. The van der Waals surface area contributed by atoms with Crippen LogP contribution in [0.3, 0.4) is 0 Å². The fraction of sp³-hybridized carbons (Fsp3) is 0.500. The van der Waals surface area contributed by atoms with E-state index in [1.807, 2.05) is 0 Å². The first-order valence-corrected chi connectivity index (χ1v) is 6.12. The second kappa shape index (κ2) is 7.58. The Morgan fingerprint density at radius 1 is 1.17 bits per heavy atom. The van der Waals surface area contributed by atoms with Crippen LogP contribution in [0.1, 0.15) is 36.5 Å². The van der Waals surface area contributed by atoms with E-state index in [2.05, 4.69) is 6.92 Å². The Morgan fingerprint density at radius 2 is 1.94 bits per heavy atom. The molecule has 18 heavy (non-hydrogen) atoms. The molecule has 1 rings (SSSR count). The molecule has 1 aromatic carbocycles. The van der Waals surface area contributed by atoms with Crippen LogP contribution < -0.4 is 9.47 Å². The maximum Gasteiger partial charge on any atom is 0.342 e. The van der Waals surface area contributed by atoms with E-state index in [9.17, 15) is 4.79 Å². The molecular formula is C14H20O4. The number of esters is 1. The number of carbonyl (C=O) groups excluding carboxylic acids is 1. The van der Waals surface area contributed by atoms with E-state index >= 15 is 0 Å². The normalized spacial score (nSPS) is 9.94. The smallest absolute Gasteiger partial charge is 0.342 e. The van der Waals surface area contributed by atoms with Gasteiger partial charge in [-0.3, -0.25) is 0 Å². The van der Waals surface area contributed by atoms with Crippen molar-refractivity contribution in [3.8, 4) is 11.5 Å². The van der Waals surface area contributed by atoms with Crippen LogP contribution in [0.25, 0.3) is 0 Å². The van der Waals surface area contributed by atoms with Crippen LogP contribution >= 0.6 is 0 Å². The van der Waals surface area contributed by atoms with Crippen molar-refractivity contribution in [1.82, 2.24) is 0 Å². The number of ether oxygens (including phenoxy) is 3. The zero-order valence-corrected chi connectivity index (χ0v) is 11.2. The second-order valence-corrected chi connectivity index (χ2v) is 3.88. The lowest BCUT2D eigenvalue weighted by molar-refractivity contribution is 0.0494. The largest absolute Gasteiger partial charge is 0.493 e. The summed E-state index contributed by atoms with van der Waals surface area (Å²) in [6.07, 6.45) is 3.04. The Morgan fingerprint density at radius 3 is 2.56 bits per heavy atom. The standard InChI is InChI=1S/C14H20O4/c1-4-5-6-10-18-14(15)11-8-7-9-12(16-2)13(11)17-3/h7-9H,4-6,10H2,1-3H3. The zero-order chi connectivity index (χ0) is 13.4. The molecule has 0 aromatic heterocycles. The van der Waals surface area contributed by atoms with Gasteiger partial charge in [0.15, 0.2) is 11.5 Å². The molecule has 0 saturated heterocycles. The minimum Gasteiger partial charge on any atom is -0.493 e. The molecule has 0 unspecified atom stereocenters. The summed E-state index contributed by atoms with van der Waals surface area (Å²) < 4.78 is 15.5. The Hall–Kier alpha value is -1.71. The molecule has 0 fully saturated rings. The van der Waals surface area contributed by atoms with E-state index in [4.69, 9.17) is 14.2 Å². The van der Waals surface area contributed by atoms with Crippen LogP contribution in [0, 0.1) is 0 Å². The van der Waals surface area contributed by atoms with Gasteiger partial charge >= 0.3 is 5.97 Å². The maximum atomic E-state index is 11.9. The van der Waals surface area contributed by atoms with Gasteiger partial charge in [-0.25, -0.2) is 4.79 Å². The van der Waals surface area contributed by atoms with Crippen LogP contribution in [-0.2, 0) is 4.74 Å². The average molecular weight is 252 g/mol. The molecule has 0 aliphatic heterocycles. The third kappa shape index (κ3) is 3.65. The van der Waals surface area contributed by atoms with E-state index in [0.717, 1.165) is 19.3 Å². The van der Waals surface area contributed by atoms with Crippen LogP contribution in [0.15, 0.2) is 18.2 Å². The minimum atomic E-state index is -0.373. The number of rotatable bonds is 7. The average Bonchev–Trinajstić information content (AvgIpc) is 2.42. The van der Waals surface area contributed by atoms with Crippen molar-refractivity contribution < 1.29 is 19.0 Å². The topological polar surface area (TPSA) is 44.8 Å². The molecule has 0 atom stereocenters. The number of hydrogen-bond donors (Lipinski definition) is 0. The van der Waals surface area contributed by atoms with Crippen LogP contribution in [-0.4, -0.2) is 26.8 Å². The molecule has 0 amide bonds. The molecule has 100 valence electrons. The number of methoxy groups -OCH3 is 2. The van der Waals surface area contributed by atoms with Crippen LogP contribution in [0.2, 0.25) is 0 Å². The summed E-state index contributed by atoms with van der Waals surface area (Å²) in [5, 5.41) is 0. The van der Waals surface area contributed by atoms with Crippen LogP contribution in [0.4, 0.5) is 0 Å².